The second-order valence-electron chi connectivity index (χ2n) is 4.44. The van der Waals surface area contributed by atoms with Crippen LogP contribution in [0.5, 0.6) is 0 Å². The summed E-state index contributed by atoms with van der Waals surface area (Å²) in [5, 5.41) is 5.72. The molecule has 2 N–H and O–H groups in total. The van der Waals surface area contributed by atoms with E-state index in [0.717, 1.165) is 11.3 Å². The molecule has 5 nitrogen and oxygen atoms in total. The predicted molar refractivity (Wildman–Crippen MR) is 81.9 cm³/mol. The van der Waals surface area contributed by atoms with Gasteiger partial charge in [0, 0.05) is 18.7 Å². The maximum Gasteiger partial charge on any atom is 0.240 e. The number of thioether (sulfide) groups is 1. The number of aliphatic imine (C=N–C) groups is 1. The highest BCUT2D eigenvalue weighted by atomic mass is 32.2. The van der Waals surface area contributed by atoms with Gasteiger partial charge in [0.2, 0.25) is 11.8 Å². The molecule has 1 heterocycles. The van der Waals surface area contributed by atoms with E-state index in [1.807, 2.05) is 38.1 Å². The highest BCUT2D eigenvalue weighted by Crippen LogP contribution is 2.23. The fourth-order valence-corrected chi connectivity index (χ4v) is 2.87. The molecule has 0 saturated carbocycles. The van der Waals surface area contributed by atoms with E-state index >= 15 is 0 Å². The molecule has 1 atom stereocenters. The first kappa shape index (κ1) is 14.6. The lowest BCUT2D eigenvalue weighted by atomic mass is 10.2. The van der Waals surface area contributed by atoms with Gasteiger partial charge in [-0.25, -0.2) is 0 Å². The molecule has 0 bridgehead atoms. The molecule has 1 aliphatic rings. The molecule has 1 aromatic rings. The number of amides is 2. The third-order valence-electron chi connectivity index (χ3n) is 2.87. The first-order chi connectivity index (χ1) is 9.60. The molecule has 1 aliphatic heterocycles. The first-order valence-corrected chi connectivity index (χ1v) is 7.35. The number of aryl methyl sites for hydroxylation is 1. The van der Waals surface area contributed by atoms with E-state index in [9.17, 15) is 9.59 Å². The fourth-order valence-electron chi connectivity index (χ4n) is 1.84. The van der Waals surface area contributed by atoms with E-state index in [-0.39, 0.29) is 18.2 Å². The van der Waals surface area contributed by atoms with E-state index < -0.39 is 5.25 Å². The number of carbonyl (C=O) groups is 2. The van der Waals surface area contributed by atoms with Crippen molar-refractivity contribution >= 4 is 34.4 Å². The molecular formula is C14H17N3O2S. The van der Waals surface area contributed by atoms with E-state index in [4.69, 9.17) is 0 Å². The monoisotopic (exact) mass is 291 g/mol. The highest BCUT2D eigenvalue weighted by molar-refractivity contribution is 8.15. The molecule has 1 aromatic carbocycles. The van der Waals surface area contributed by atoms with Crippen molar-refractivity contribution in [2.45, 2.75) is 25.5 Å². The minimum absolute atomic E-state index is 0.146. The molecule has 0 aromatic heterocycles. The van der Waals surface area contributed by atoms with Crippen molar-refractivity contribution in [3.8, 4) is 0 Å². The van der Waals surface area contributed by atoms with Crippen LogP contribution in [-0.2, 0) is 9.59 Å². The van der Waals surface area contributed by atoms with Crippen LogP contribution in [0.25, 0.3) is 0 Å². The van der Waals surface area contributed by atoms with Gasteiger partial charge in [0.15, 0.2) is 5.17 Å². The third-order valence-corrected chi connectivity index (χ3v) is 3.99. The summed E-state index contributed by atoms with van der Waals surface area (Å²) in [7, 11) is 0. The molecule has 106 valence electrons. The zero-order valence-corrected chi connectivity index (χ0v) is 12.3. The Morgan fingerprint density at radius 1 is 1.45 bits per heavy atom. The molecule has 0 aliphatic carbocycles. The Morgan fingerprint density at radius 3 is 2.90 bits per heavy atom. The SMILES string of the molecule is CCN=C1NC(=O)[C@H](CC(=O)Nc2ccccc2C)S1. The van der Waals surface area contributed by atoms with Crippen LogP contribution in [0.3, 0.4) is 0 Å². The number of rotatable bonds is 4. The van der Waals surface area contributed by atoms with Crippen LogP contribution in [-0.4, -0.2) is 28.8 Å². The summed E-state index contributed by atoms with van der Waals surface area (Å²) >= 11 is 1.31. The second-order valence-corrected chi connectivity index (χ2v) is 5.63. The van der Waals surface area contributed by atoms with Gasteiger partial charge in [-0.3, -0.25) is 14.6 Å². The zero-order valence-electron chi connectivity index (χ0n) is 11.5. The molecule has 0 unspecified atom stereocenters. The van der Waals surface area contributed by atoms with E-state index in [1.54, 1.807) is 0 Å². The Labute approximate surface area is 122 Å². The van der Waals surface area contributed by atoms with Crippen LogP contribution >= 0.6 is 11.8 Å². The van der Waals surface area contributed by atoms with E-state index in [1.165, 1.54) is 11.8 Å². The van der Waals surface area contributed by atoms with Gasteiger partial charge in [0.05, 0.1) is 0 Å². The minimum atomic E-state index is -0.399. The van der Waals surface area contributed by atoms with Crippen LogP contribution in [0, 0.1) is 6.92 Å². The van der Waals surface area contributed by atoms with Gasteiger partial charge in [-0.15, -0.1) is 0 Å². The molecule has 1 fully saturated rings. The van der Waals surface area contributed by atoms with Crippen LogP contribution in [0.1, 0.15) is 18.9 Å². The Bertz CT molecular complexity index is 557. The van der Waals surface area contributed by atoms with Gasteiger partial charge in [-0.05, 0) is 25.5 Å². The number of amidine groups is 1. The largest absolute Gasteiger partial charge is 0.326 e. The molecule has 0 radical (unpaired) electrons. The number of benzene rings is 1. The van der Waals surface area contributed by atoms with Gasteiger partial charge < -0.3 is 10.6 Å². The maximum atomic E-state index is 12.0. The van der Waals surface area contributed by atoms with Crippen molar-refractivity contribution in [1.29, 1.82) is 0 Å². The van der Waals surface area contributed by atoms with Crippen molar-refractivity contribution in [2.75, 3.05) is 11.9 Å². The number of hydrogen-bond donors (Lipinski definition) is 2. The summed E-state index contributed by atoms with van der Waals surface area (Å²) in [6.07, 6.45) is 0.146. The molecule has 20 heavy (non-hydrogen) atoms. The van der Waals surface area contributed by atoms with Crippen molar-refractivity contribution in [3.63, 3.8) is 0 Å². The molecule has 2 rings (SSSR count). The lowest BCUT2D eigenvalue weighted by molar-refractivity contribution is -0.122. The van der Waals surface area contributed by atoms with Crippen molar-refractivity contribution in [3.05, 3.63) is 29.8 Å². The molecule has 0 spiro atoms. The summed E-state index contributed by atoms with van der Waals surface area (Å²) in [5.41, 5.74) is 1.78. The van der Waals surface area contributed by atoms with Crippen LogP contribution < -0.4 is 10.6 Å². The second kappa shape index (κ2) is 6.56. The van der Waals surface area contributed by atoms with E-state index in [0.29, 0.717) is 11.7 Å². The number of hydrogen-bond acceptors (Lipinski definition) is 4. The first-order valence-electron chi connectivity index (χ1n) is 6.47. The topological polar surface area (TPSA) is 70.6 Å². The highest BCUT2D eigenvalue weighted by Gasteiger charge is 2.31. The van der Waals surface area contributed by atoms with Crippen molar-refractivity contribution in [1.82, 2.24) is 5.32 Å². The van der Waals surface area contributed by atoms with Gasteiger partial charge in [0.25, 0.3) is 0 Å². The number of carbonyl (C=O) groups excluding carboxylic acids is 2. The van der Waals surface area contributed by atoms with Gasteiger partial charge in [0.1, 0.15) is 5.25 Å². The smallest absolute Gasteiger partial charge is 0.240 e. The molecule has 2 amide bonds. The third kappa shape index (κ3) is 3.60. The standard InChI is InChI=1S/C14H17N3O2S/c1-3-15-14-17-13(19)11(20-14)8-12(18)16-10-7-5-4-6-9(10)2/h4-7,11H,3,8H2,1-2H3,(H,16,18)(H,15,17,19)/t11-/m0/s1. The van der Waals surface area contributed by atoms with Crippen molar-refractivity contribution < 1.29 is 9.59 Å². The molecular weight excluding hydrogens is 274 g/mol. The predicted octanol–water partition coefficient (Wildman–Crippen LogP) is 1.93. The quantitative estimate of drug-likeness (QED) is 0.890. The summed E-state index contributed by atoms with van der Waals surface area (Å²) in [6, 6.07) is 7.56. The normalized spacial score (nSPS) is 20.0. The van der Waals surface area contributed by atoms with Crippen LogP contribution in [0.4, 0.5) is 5.69 Å². The number of nitrogens with one attached hydrogen (secondary N) is 2. The zero-order chi connectivity index (χ0) is 14.5. The summed E-state index contributed by atoms with van der Waals surface area (Å²) in [6.45, 7) is 4.45. The lowest BCUT2D eigenvalue weighted by Gasteiger charge is -2.09. The Hall–Kier alpha value is -1.82. The number of para-hydroxylation sites is 1. The Morgan fingerprint density at radius 2 is 2.20 bits per heavy atom. The Balaban J connectivity index is 1.94. The molecule has 6 heteroatoms. The van der Waals surface area contributed by atoms with Gasteiger partial charge in [-0.1, -0.05) is 30.0 Å². The minimum Gasteiger partial charge on any atom is -0.326 e. The van der Waals surface area contributed by atoms with Gasteiger partial charge in [-0.2, -0.15) is 0 Å². The fraction of sp³-hybridized carbons (Fsp3) is 0.357. The van der Waals surface area contributed by atoms with Gasteiger partial charge >= 0.3 is 0 Å². The van der Waals surface area contributed by atoms with Crippen LogP contribution in [0.2, 0.25) is 0 Å². The van der Waals surface area contributed by atoms with E-state index in [2.05, 4.69) is 15.6 Å². The average Bonchev–Trinajstić information content (AvgIpc) is 2.73. The maximum absolute atomic E-state index is 12.0. The average molecular weight is 291 g/mol. The summed E-state index contributed by atoms with van der Waals surface area (Å²) < 4.78 is 0. The molecule has 1 saturated heterocycles. The summed E-state index contributed by atoms with van der Waals surface area (Å²) in [4.78, 5) is 27.9. The number of anilines is 1. The Kier molecular flexibility index (Phi) is 4.79. The van der Waals surface area contributed by atoms with Crippen molar-refractivity contribution in [2.24, 2.45) is 4.99 Å². The number of nitrogens with zero attached hydrogens (tertiary/aromatic N) is 1. The van der Waals surface area contributed by atoms with Crippen LogP contribution in [0.15, 0.2) is 29.3 Å². The lowest BCUT2D eigenvalue weighted by Crippen LogP contribution is -2.28. The summed E-state index contributed by atoms with van der Waals surface area (Å²) in [5.74, 6) is -0.313.